The number of methoxy groups -OCH3 is 2. The molecule has 1 rings (SSSR count). The summed E-state index contributed by atoms with van der Waals surface area (Å²) in [6, 6.07) is 4.64. The van der Waals surface area contributed by atoms with Crippen molar-refractivity contribution in [3.63, 3.8) is 0 Å². The van der Waals surface area contributed by atoms with Crippen LogP contribution in [0.25, 0.3) is 0 Å². The molecule has 0 aromatic heterocycles. The maximum atomic E-state index is 11.8. The Hall–Kier alpha value is -2.29. The molecule has 0 heterocycles. The van der Waals surface area contributed by atoms with Gasteiger partial charge in [-0.15, -0.1) is 0 Å². The monoisotopic (exact) mass is 345 g/mol. The van der Waals surface area contributed by atoms with Gasteiger partial charge in [-0.2, -0.15) is 0 Å². The number of sulfone groups is 1. The molecule has 1 aromatic carbocycles. The van der Waals surface area contributed by atoms with Crippen molar-refractivity contribution in [1.29, 1.82) is 0 Å². The van der Waals surface area contributed by atoms with Gasteiger partial charge in [-0.1, -0.05) is 0 Å². The van der Waals surface area contributed by atoms with Crippen molar-refractivity contribution in [2.45, 2.75) is 12.8 Å². The first kappa shape index (κ1) is 18.8. The highest BCUT2D eigenvalue weighted by molar-refractivity contribution is 7.92. The fourth-order valence-corrected chi connectivity index (χ4v) is 3.03. The van der Waals surface area contributed by atoms with Crippen LogP contribution in [0.3, 0.4) is 0 Å². The Morgan fingerprint density at radius 2 is 1.83 bits per heavy atom. The lowest BCUT2D eigenvalue weighted by atomic mass is 10.2. The molecule has 23 heavy (non-hydrogen) atoms. The molecule has 8 nitrogen and oxygen atoms in total. The van der Waals surface area contributed by atoms with Crippen molar-refractivity contribution in [3.05, 3.63) is 18.2 Å². The Kier molecular flexibility index (Phi) is 6.83. The summed E-state index contributed by atoms with van der Waals surface area (Å²) in [7, 11) is -0.744. The van der Waals surface area contributed by atoms with E-state index in [1.54, 1.807) is 12.1 Å². The highest BCUT2D eigenvalue weighted by Gasteiger charge is 2.17. The summed E-state index contributed by atoms with van der Waals surface area (Å²) in [5.41, 5.74) is 0.369. The van der Waals surface area contributed by atoms with Crippen LogP contribution in [0.4, 0.5) is 5.69 Å². The van der Waals surface area contributed by atoms with Gasteiger partial charge in [-0.3, -0.25) is 9.59 Å². The van der Waals surface area contributed by atoms with Crippen molar-refractivity contribution < 1.29 is 32.6 Å². The Labute approximate surface area is 134 Å². The van der Waals surface area contributed by atoms with Gasteiger partial charge in [0.05, 0.1) is 20.0 Å². The van der Waals surface area contributed by atoms with E-state index in [4.69, 9.17) is 14.6 Å². The number of nitrogens with one attached hydrogen (secondary N) is 1. The van der Waals surface area contributed by atoms with E-state index in [0.717, 1.165) is 0 Å². The van der Waals surface area contributed by atoms with Crippen molar-refractivity contribution in [2.75, 3.05) is 31.0 Å². The lowest BCUT2D eigenvalue weighted by molar-refractivity contribution is -0.137. The molecule has 0 aliphatic rings. The number of hydrogen-bond acceptors (Lipinski definition) is 6. The van der Waals surface area contributed by atoms with Crippen LogP contribution in [0.1, 0.15) is 12.8 Å². The Balaban J connectivity index is 2.64. The third kappa shape index (κ3) is 6.55. The minimum Gasteiger partial charge on any atom is -0.493 e. The summed E-state index contributed by atoms with van der Waals surface area (Å²) in [5.74, 6) is -1.96. The summed E-state index contributed by atoms with van der Waals surface area (Å²) >= 11 is 0. The summed E-state index contributed by atoms with van der Waals surface area (Å²) in [4.78, 5) is 22.2. The van der Waals surface area contributed by atoms with E-state index in [1.807, 2.05) is 0 Å². The van der Waals surface area contributed by atoms with Crippen LogP contribution >= 0.6 is 0 Å². The molecule has 0 atom stereocenters. The van der Waals surface area contributed by atoms with Gasteiger partial charge in [0.25, 0.3) is 0 Å². The van der Waals surface area contributed by atoms with Gasteiger partial charge in [-0.05, 0) is 18.6 Å². The van der Waals surface area contributed by atoms with Crippen LogP contribution in [-0.4, -0.2) is 51.1 Å². The number of aliphatic carboxylic acids is 1. The molecule has 0 unspecified atom stereocenters. The molecule has 0 aliphatic heterocycles. The van der Waals surface area contributed by atoms with E-state index in [1.165, 1.54) is 20.3 Å². The number of amides is 1. The standard InChI is InChI=1S/C14H19NO7S/c1-21-11-6-5-10(8-12(11)22-2)15-13(16)9-23(19,20)7-3-4-14(17)18/h5-6,8H,3-4,7,9H2,1-2H3,(H,15,16)(H,17,18). The molecule has 0 saturated heterocycles. The zero-order valence-electron chi connectivity index (χ0n) is 12.9. The van der Waals surface area contributed by atoms with Crippen molar-refractivity contribution in [3.8, 4) is 11.5 Å². The smallest absolute Gasteiger partial charge is 0.303 e. The van der Waals surface area contributed by atoms with Gasteiger partial charge < -0.3 is 19.9 Å². The van der Waals surface area contributed by atoms with Gasteiger partial charge in [-0.25, -0.2) is 8.42 Å². The van der Waals surface area contributed by atoms with Crippen LogP contribution < -0.4 is 14.8 Å². The molecule has 1 amide bonds. The second-order valence-electron chi connectivity index (χ2n) is 4.71. The molecular weight excluding hydrogens is 326 g/mol. The predicted molar refractivity (Wildman–Crippen MR) is 83.7 cm³/mol. The Bertz CT molecular complexity index is 670. The minimum absolute atomic E-state index is 0.0265. The normalized spacial score (nSPS) is 10.9. The minimum atomic E-state index is -3.66. The lowest BCUT2D eigenvalue weighted by Crippen LogP contribution is -2.25. The van der Waals surface area contributed by atoms with Crippen LogP contribution in [0.5, 0.6) is 11.5 Å². The van der Waals surface area contributed by atoms with Crippen molar-refractivity contribution in [1.82, 2.24) is 0 Å². The first-order chi connectivity index (χ1) is 10.8. The average Bonchev–Trinajstić information content (AvgIpc) is 2.45. The maximum absolute atomic E-state index is 11.8. The maximum Gasteiger partial charge on any atom is 0.303 e. The average molecular weight is 345 g/mol. The zero-order chi connectivity index (χ0) is 17.5. The van der Waals surface area contributed by atoms with Crippen LogP contribution in [0.2, 0.25) is 0 Å². The molecule has 0 bridgehead atoms. The molecule has 0 aliphatic carbocycles. The first-order valence-corrected chi connectivity index (χ1v) is 8.53. The number of rotatable bonds is 9. The largest absolute Gasteiger partial charge is 0.493 e. The Morgan fingerprint density at radius 3 is 2.39 bits per heavy atom. The second kappa shape index (κ2) is 8.37. The SMILES string of the molecule is COc1ccc(NC(=O)CS(=O)(=O)CCCC(=O)O)cc1OC. The van der Waals surface area contributed by atoms with Crippen molar-refractivity contribution in [2.24, 2.45) is 0 Å². The third-order valence-electron chi connectivity index (χ3n) is 2.86. The number of benzene rings is 1. The van der Waals surface area contributed by atoms with Gasteiger partial charge >= 0.3 is 5.97 Å². The second-order valence-corrected chi connectivity index (χ2v) is 6.89. The predicted octanol–water partition coefficient (Wildman–Crippen LogP) is 0.922. The molecule has 0 radical (unpaired) electrons. The van der Waals surface area contributed by atoms with Gasteiger partial charge in [0, 0.05) is 18.2 Å². The van der Waals surface area contributed by atoms with Crippen LogP contribution in [0.15, 0.2) is 18.2 Å². The molecule has 0 fully saturated rings. The number of carbonyl (C=O) groups excluding carboxylic acids is 1. The highest BCUT2D eigenvalue weighted by Crippen LogP contribution is 2.29. The van der Waals surface area contributed by atoms with Gasteiger partial charge in [0.15, 0.2) is 21.3 Å². The summed E-state index contributed by atoms with van der Waals surface area (Å²) < 4.78 is 33.6. The molecule has 128 valence electrons. The van der Waals surface area contributed by atoms with Crippen LogP contribution in [0, 0.1) is 0 Å². The molecule has 1 aromatic rings. The third-order valence-corrected chi connectivity index (χ3v) is 4.48. The molecule has 2 N–H and O–H groups in total. The van der Waals surface area contributed by atoms with E-state index in [0.29, 0.717) is 17.2 Å². The lowest BCUT2D eigenvalue weighted by Gasteiger charge is -2.10. The number of ether oxygens (including phenoxy) is 2. The quantitative estimate of drug-likeness (QED) is 0.683. The molecule has 0 saturated carbocycles. The summed E-state index contributed by atoms with van der Waals surface area (Å²) in [5, 5.41) is 10.9. The summed E-state index contributed by atoms with van der Waals surface area (Å²) in [6.07, 6.45) is -0.280. The first-order valence-electron chi connectivity index (χ1n) is 6.71. The van der Waals surface area contributed by atoms with E-state index in [2.05, 4.69) is 5.32 Å². The zero-order valence-corrected chi connectivity index (χ0v) is 13.7. The van der Waals surface area contributed by atoms with Crippen molar-refractivity contribution >= 4 is 27.4 Å². The fourth-order valence-electron chi connectivity index (χ4n) is 1.83. The topological polar surface area (TPSA) is 119 Å². The Morgan fingerprint density at radius 1 is 1.17 bits per heavy atom. The van der Waals surface area contributed by atoms with E-state index < -0.39 is 27.5 Å². The summed E-state index contributed by atoms with van der Waals surface area (Å²) in [6.45, 7) is 0. The number of anilines is 1. The number of carboxylic acids is 1. The van der Waals surface area contributed by atoms with Gasteiger partial charge in [0.1, 0.15) is 5.75 Å². The van der Waals surface area contributed by atoms with Crippen LogP contribution in [-0.2, 0) is 19.4 Å². The van der Waals surface area contributed by atoms with E-state index in [-0.39, 0.29) is 18.6 Å². The van der Waals surface area contributed by atoms with E-state index >= 15 is 0 Å². The molecule has 0 spiro atoms. The fraction of sp³-hybridized carbons (Fsp3) is 0.429. The number of carboxylic acid groups (broad SMARTS) is 1. The van der Waals surface area contributed by atoms with E-state index in [9.17, 15) is 18.0 Å². The highest BCUT2D eigenvalue weighted by atomic mass is 32.2. The number of carbonyl (C=O) groups is 2. The van der Waals surface area contributed by atoms with Gasteiger partial charge in [0.2, 0.25) is 5.91 Å². The molecule has 9 heteroatoms. The molecular formula is C14H19NO7S. The number of hydrogen-bond donors (Lipinski definition) is 2.